The van der Waals surface area contributed by atoms with Gasteiger partial charge in [0.1, 0.15) is 10.6 Å². The number of nitrogens with one attached hydrogen (secondary N) is 1. The van der Waals surface area contributed by atoms with Crippen LogP contribution in [-0.2, 0) is 14.8 Å². The number of piperidine rings is 1. The Labute approximate surface area is 185 Å². The number of nitro groups is 1. The van der Waals surface area contributed by atoms with Crippen molar-refractivity contribution < 1.29 is 22.9 Å². The SMILES string of the molecule is COc1ccc(Cl)cc1S(=O)(=O)N1CCC[C@@H](C(=O)Nc2cccc([N+](=O)[O-])c2C)C1. The minimum Gasteiger partial charge on any atom is -0.495 e. The van der Waals surface area contributed by atoms with Crippen LogP contribution < -0.4 is 10.1 Å². The van der Waals surface area contributed by atoms with Crippen LogP contribution in [0.1, 0.15) is 18.4 Å². The third-order valence-electron chi connectivity index (χ3n) is 5.26. The summed E-state index contributed by atoms with van der Waals surface area (Å²) in [6.45, 7) is 1.80. The Morgan fingerprint density at radius 2 is 2.06 bits per heavy atom. The number of amides is 1. The first-order valence-electron chi connectivity index (χ1n) is 9.53. The lowest BCUT2D eigenvalue weighted by Gasteiger charge is -2.31. The smallest absolute Gasteiger partial charge is 0.274 e. The number of hydrogen-bond donors (Lipinski definition) is 1. The minimum absolute atomic E-state index is 0.0161. The molecule has 1 heterocycles. The van der Waals surface area contributed by atoms with Crippen LogP contribution in [0, 0.1) is 23.0 Å². The highest BCUT2D eigenvalue weighted by Crippen LogP contribution is 2.32. The summed E-state index contributed by atoms with van der Waals surface area (Å²) < 4.78 is 32.8. The van der Waals surface area contributed by atoms with E-state index in [1.165, 1.54) is 41.7 Å². The molecule has 3 rings (SSSR count). The van der Waals surface area contributed by atoms with Crippen molar-refractivity contribution in [3.63, 3.8) is 0 Å². The Hall–Kier alpha value is -2.69. The van der Waals surface area contributed by atoms with Gasteiger partial charge in [-0.15, -0.1) is 0 Å². The molecule has 1 aliphatic heterocycles. The van der Waals surface area contributed by atoms with Crippen LogP contribution in [0.4, 0.5) is 11.4 Å². The summed E-state index contributed by atoms with van der Waals surface area (Å²) in [5.41, 5.74) is 0.569. The van der Waals surface area contributed by atoms with Gasteiger partial charge in [-0.25, -0.2) is 8.42 Å². The summed E-state index contributed by atoms with van der Waals surface area (Å²) in [6.07, 6.45) is 0.993. The number of rotatable bonds is 6. The van der Waals surface area contributed by atoms with Gasteiger partial charge in [-0.2, -0.15) is 4.31 Å². The summed E-state index contributed by atoms with van der Waals surface area (Å²) in [6, 6.07) is 8.77. The highest BCUT2D eigenvalue weighted by Gasteiger charge is 2.35. The lowest BCUT2D eigenvalue weighted by molar-refractivity contribution is -0.385. The molecular formula is C20H22ClN3O6S. The molecule has 0 bridgehead atoms. The maximum absolute atomic E-state index is 13.2. The van der Waals surface area contributed by atoms with E-state index in [-0.39, 0.29) is 40.4 Å². The zero-order chi connectivity index (χ0) is 22.8. The molecule has 1 atom stereocenters. The lowest BCUT2D eigenvalue weighted by atomic mass is 9.98. The molecule has 0 spiro atoms. The Bertz CT molecular complexity index is 1120. The molecule has 11 heteroatoms. The summed E-state index contributed by atoms with van der Waals surface area (Å²) in [4.78, 5) is 23.4. The van der Waals surface area contributed by atoms with Crippen LogP contribution in [0.15, 0.2) is 41.3 Å². The summed E-state index contributed by atoms with van der Waals surface area (Å²) in [5, 5.41) is 14.1. The first-order valence-corrected chi connectivity index (χ1v) is 11.4. The zero-order valence-corrected chi connectivity index (χ0v) is 18.6. The van der Waals surface area contributed by atoms with Gasteiger partial charge in [-0.1, -0.05) is 17.7 Å². The number of methoxy groups -OCH3 is 1. The van der Waals surface area contributed by atoms with E-state index in [1.54, 1.807) is 13.0 Å². The van der Waals surface area contributed by atoms with Gasteiger partial charge in [0.25, 0.3) is 5.69 Å². The van der Waals surface area contributed by atoms with Crippen molar-refractivity contribution in [2.24, 2.45) is 5.92 Å². The number of halogens is 1. The molecule has 0 aliphatic carbocycles. The molecule has 0 aromatic heterocycles. The highest BCUT2D eigenvalue weighted by molar-refractivity contribution is 7.89. The first-order chi connectivity index (χ1) is 14.6. The van der Waals surface area contributed by atoms with Gasteiger partial charge in [0.15, 0.2) is 0 Å². The molecule has 1 N–H and O–H groups in total. The second-order valence-corrected chi connectivity index (χ2v) is 9.54. The van der Waals surface area contributed by atoms with Gasteiger partial charge in [0, 0.05) is 24.2 Å². The standard InChI is InChI=1S/C20H22ClN3O6S/c1-13-16(6-3-7-17(13)24(26)27)22-20(25)14-5-4-10-23(12-14)31(28,29)19-11-15(21)8-9-18(19)30-2/h3,6-9,11,14H,4-5,10,12H2,1-2H3,(H,22,25)/t14-/m1/s1. The van der Waals surface area contributed by atoms with Crippen LogP contribution >= 0.6 is 11.6 Å². The molecule has 1 amide bonds. The van der Waals surface area contributed by atoms with Crippen molar-refractivity contribution in [1.29, 1.82) is 0 Å². The van der Waals surface area contributed by atoms with Crippen LogP contribution in [0.5, 0.6) is 5.75 Å². The molecule has 1 fully saturated rings. The van der Waals surface area contributed by atoms with Crippen molar-refractivity contribution in [2.75, 3.05) is 25.5 Å². The summed E-state index contributed by atoms with van der Waals surface area (Å²) >= 11 is 5.99. The van der Waals surface area contributed by atoms with E-state index in [1.807, 2.05) is 0 Å². The van der Waals surface area contributed by atoms with E-state index in [9.17, 15) is 23.3 Å². The maximum Gasteiger partial charge on any atom is 0.274 e. The monoisotopic (exact) mass is 467 g/mol. The Kier molecular flexibility index (Phi) is 6.83. The number of ether oxygens (including phenoxy) is 1. The zero-order valence-electron chi connectivity index (χ0n) is 17.0. The van der Waals surface area contributed by atoms with Gasteiger partial charge in [-0.3, -0.25) is 14.9 Å². The minimum atomic E-state index is -3.94. The lowest BCUT2D eigenvalue weighted by Crippen LogP contribution is -2.43. The first kappa shape index (κ1) is 23.0. The second kappa shape index (κ2) is 9.21. The third-order valence-corrected chi connectivity index (χ3v) is 7.38. The van der Waals surface area contributed by atoms with Gasteiger partial charge < -0.3 is 10.1 Å². The van der Waals surface area contributed by atoms with Gasteiger partial charge in [0.05, 0.1) is 29.2 Å². The molecule has 9 nitrogen and oxygen atoms in total. The van der Waals surface area contributed by atoms with Crippen LogP contribution in [0.25, 0.3) is 0 Å². The Balaban J connectivity index is 1.81. The molecule has 0 saturated carbocycles. The third kappa shape index (κ3) is 4.81. The molecule has 1 saturated heterocycles. The average Bonchev–Trinajstić information content (AvgIpc) is 2.75. The van der Waals surface area contributed by atoms with Crippen molar-refractivity contribution in [1.82, 2.24) is 4.31 Å². The summed E-state index contributed by atoms with van der Waals surface area (Å²) in [5.74, 6) is -0.822. The van der Waals surface area contributed by atoms with E-state index in [0.29, 0.717) is 24.1 Å². The quantitative estimate of drug-likeness (QED) is 0.512. The van der Waals surface area contributed by atoms with Gasteiger partial charge >= 0.3 is 0 Å². The van der Waals surface area contributed by atoms with Gasteiger partial charge in [-0.05, 0) is 44.0 Å². The highest BCUT2D eigenvalue weighted by atomic mass is 35.5. The molecule has 166 valence electrons. The van der Waals surface area contributed by atoms with Crippen molar-refractivity contribution in [2.45, 2.75) is 24.7 Å². The number of benzene rings is 2. The number of nitrogens with zero attached hydrogens (tertiary/aromatic N) is 2. The number of sulfonamides is 1. The second-order valence-electron chi connectivity index (χ2n) is 7.19. The Morgan fingerprint density at radius 3 is 2.74 bits per heavy atom. The predicted molar refractivity (Wildman–Crippen MR) is 116 cm³/mol. The largest absolute Gasteiger partial charge is 0.495 e. The normalized spacial score (nSPS) is 17.2. The van der Waals surface area contributed by atoms with E-state index in [0.717, 1.165) is 0 Å². The van der Waals surface area contributed by atoms with Crippen molar-refractivity contribution in [3.05, 3.63) is 57.1 Å². The molecule has 2 aromatic rings. The van der Waals surface area contributed by atoms with Crippen LogP contribution in [-0.4, -0.2) is 43.8 Å². The van der Waals surface area contributed by atoms with Crippen molar-refractivity contribution >= 4 is 38.9 Å². The molecule has 2 aromatic carbocycles. The van der Waals surface area contributed by atoms with Crippen LogP contribution in [0.3, 0.4) is 0 Å². The Morgan fingerprint density at radius 1 is 1.32 bits per heavy atom. The number of carbonyl (C=O) groups excluding carboxylic acids is 1. The van der Waals surface area contributed by atoms with E-state index in [2.05, 4.69) is 5.32 Å². The molecule has 1 aliphatic rings. The number of nitro benzene ring substituents is 1. The maximum atomic E-state index is 13.2. The molecule has 0 radical (unpaired) electrons. The fourth-order valence-corrected chi connectivity index (χ4v) is 5.50. The number of carbonyl (C=O) groups is 1. The average molecular weight is 468 g/mol. The van der Waals surface area contributed by atoms with E-state index < -0.39 is 20.9 Å². The fourth-order valence-electron chi connectivity index (χ4n) is 3.56. The van der Waals surface area contributed by atoms with E-state index >= 15 is 0 Å². The number of hydrogen-bond acceptors (Lipinski definition) is 6. The fraction of sp³-hybridized carbons (Fsp3) is 0.350. The van der Waals surface area contributed by atoms with E-state index in [4.69, 9.17) is 16.3 Å². The molecule has 0 unspecified atom stereocenters. The summed E-state index contributed by atoms with van der Waals surface area (Å²) in [7, 11) is -2.57. The molecular weight excluding hydrogens is 446 g/mol. The van der Waals surface area contributed by atoms with Crippen molar-refractivity contribution in [3.8, 4) is 5.75 Å². The van der Waals surface area contributed by atoms with Gasteiger partial charge in [0.2, 0.25) is 15.9 Å². The molecule has 31 heavy (non-hydrogen) atoms. The number of anilines is 1. The topological polar surface area (TPSA) is 119 Å². The van der Waals surface area contributed by atoms with Crippen LogP contribution in [0.2, 0.25) is 5.02 Å². The predicted octanol–water partition coefficient (Wildman–Crippen LogP) is 3.60.